The molecular weight excluding hydrogens is 280 g/mol. The maximum Gasteiger partial charge on any atom is 0.239 e. The second-order valence-electron chi connectivity index (χ2n) is 6.27. The summed E-state index contributed by atoms with van der Waals surface area (Å²) in [5.74, 6) is 0.798. The molecule has 1 atom stereocenters. The maximum absolute atomic E-state index is 12.1. The number of ether oxygens (including phenoxy) is 1. The van der Waals surface area contributed by atoms with Crippen molar-refractivity contribution in [2.75, 3.05) is 25.0 Å². The highest BCUT2D eigenvalue weighted by molar-refractivity contribution is 5.91. The summed E-state index contributed by atoms with van der Waals surface area (Å²) in [5, 5.41) is 10.5. The molecule has 6 heteroatoms. The van der Waals surface area contributed by atoms with Crippen LogP contribution in [-0.4, -0.2) is 41.5 Å². The second-order valence-corrected chi connectivity index (χ2v) is 6.27. The van der Waals surface area contributed by atoms with E-state index in [0.717, 1.165) is 44.7 Å². The van der Waals surface area contributed by atoms with Gasteiger partial charge in [0, 0.05) is 19.2 Å². The van der Waals surface area contributed by atoms with Gasteiger partial charge in [-0.25, -0.2) is 4.68 Å². The lowest BCUT2D eigenvalue weighted by Crippen LogP contribution is -2.34. The monoisotopic (exact) mass is 306 g/mol. The van der Waals surface area contributed by atoms with Crippen LogP contribution in [0, 0.1) is 0 Å². The minimum absolute atomic E-state index is 0.0180. The quantitative estimate of drug-likeness (QED) is 0.844. The fourth-order valence-corrected chi connectivity index (χ4v) is 3.37. The molecule has 6 nitrogen and oxygen atoms in total. The molecule has 3 rings (SSSR count). The van der Waals surface area contributed by atoms with E-state index in [0.29, 0.717) is 12.6 Å². The molecular formula is C16H26N4O2. The van der Waals surface area contributed by atoms with Gasteiger partial charge in [0.05, 0.1) is 24.9 Å². The number of anilines is 1. The number of carbonyl (C=O) groups is 1. The van der Waals surface area contributed by atoms with Crippen molar-refractivity contribution in [1.82, 2.24) is 15.1 Å². The van der Waals surface area contributed by atoms with Crippen LogP contribution in [0.2, 0.25) is 0 Å². The van der Waals surface area contributed by atoms with Crippen LogP contribution in [0.4, 0.5) is 5.82 Å². The van der Waals surface area contributed by atoms with Gasteiger partial charge < -0.3 is 15.4 Å². The molecule has 1 amide bonds. The molecule has 1 aliphatic carbocycles. The molecule has 2 heterocycles. The van der Waals surface area contributed by atoms with Crippen LogP contribution in [0.15, 0.2) is 12.3 Å². The molecule has 1 saturated carbocycles. The molecule has 1 saturated heterocycles. The number of nitrogens with zero attached hydrogens (tertiary/aromatic N) is 2. The van der Waals surface area contributed by atoms with Crippen LogP contribution in [-0.2, 0) is 9.53 Å². The Morgan fingerprint density at radius 1 is 1.27 bits per heavy atom. The van der Waals surface area contributed by atoms with Gasteiger partial charge in [-0.2, -0.15) is 5.10 Å². The summed E-state index contributed by atoms with van der Waals surface area (Å²) >= 11 is 0. The predicted octanol–water partition coefficient (Wildman–Crippen LogP) is 2.10. The SMILES string of the molecule is O=C(CNC[C@H]1CCCO1)Nc1ccnn1C1CCCCC1. The summed E-state index contributed by atoms with van der Waals surface area (Å²) in [5.41, 5.74) is 0. The van der Waals surface area contributed by atoms with Crippen molar-refractivity contribution < 1.29 is 9.53 Å². The van der Waals surface area contributed by atoms with Gasteiger partial charge in [-0.3, -0.25) is 4.79 Å². The molecule has 0 radical (unpaired) electrons. The Hall–Kier alpha value is -1.40. The molecule has 2 fully saturated rings. The molecule has 2 N–H and O–H groups in total. The highest BCUT2D eigenvalue weighted by Gasteiger charge is 2.19. The number of carbonyl (C=O) groups excluding carboxylic acids is 1. The topological polar surface area (TPSA) is 68.2 Å². The molecule has 1 aromatic heterocycles. The van der Waals surface area contributed by atoms with E-state index in [9.17, 15) is 4.79 Å². The number of hydrogen-bond acceptors (Lipinski definition) is 4. The van der Waals surface area contributed by atoms with Crippen LogP contribution in [0.1, 0.15) is 51.0 Å². The molecule has 0 spiro atoms. The first kappa shape index (κ1) is 15.5. The standard InChI is InChI=1S/C16H26N4O2/c21-16(12-17-11-14-7-4-10-22-14)19-15-8-9-18-20(15)13-5-2-1-3-6-13/h8-9,13-14,17H,1-7,10-12H2,(H,19,21)/t14-/m1/s1. The summed E-state index contributed by atoms with van der Waals surface area (Å²) in [6.45, 7) is 1.91. The van der Waals surface area contributed by atoms with E-state index in [1.165, 1.54) is 19.3 Å². The smallest absolute Gasteiger partial charge is 0.239 e. The summed E-state index contributed by atoms with van der Waals surface area (Å²) in [6, 6.07) is 2.31. The first-order valence-electron chi connectivity index (χ1n) is 8.48. The first-order valence-corrected chi connectivity index (χ1v) is 8.48. The largest absolute Gasteiger partial charge is 0.377 e. The van der Waals surface area contributed by atoms with Crippen molar-refractivity contribution in [1.29, 1.82) is 0 Å². The van der Waals surface area contributed by atoms with Crippen molar-refractivity contribution in [3.8, 4) is 0 Å². The van der Waals surface area contributed by atoms with Crippen molar-refractivity contribution in [3.05, 3.63) is 12.3 Å². The highest BCUT2D eigenvalue weighted by Crippen LogP contribution is 2.29. The zero-order chi connectivity index (χ0) is 15.2. The van der Waals surface area contributed by atoms with E-state index in [4.69, 9.17) is 4.74 Å². The second kappa shape index (κ2) is 7.74. The molecule has 1 aliphatic heterocycles. The molecule has 22 heavy (non-hydrogen) atoms. The van der Waals surface area contributed by atoms with Crippen molar-refractivity contribution >= 4 is 11.7 Å². The van der Waals surface area contributed by atoms with Gasteiger partial charge in [0.1, 0.15) is 5.82 Å². The lowest BCUT2D eigenvalue weighted by molar-refractivity contribution is -0.115. The molecule has 0 bridgehead atoms. The van der Waals surface area contributed by atoms with Crippen molar-refractivity contribution in [3.63, 3.8) is 0 Å². The van der Waals surface area contributed by atoms with Crippen LogP contribution >= 0.6 is 0 Å². The lowest BCUT2D eigenvalue weighted by Gasteiger charge is -2.24. The Labute approximate surface area is 131 Å². The molecule has 122 valence electrons. The van der Waals surface area contributed by atoms with E-state index in [-0.39, 0.29) is 12.0 Å². The van der Waals surface area contributed by atoms with E-state index in [1.807, 2.05) is 10.7 Å². The Morgan fingerprint density at radius 3 is 2.91 bits per heavy atom. The van der Waals surface area contributed by atoms with Crippen molar-refractivity contribution in [2.24, 2.45) is 0 Å². The van der Waals surface area contributed by atoms with Crippen molar-refractivity contribution in [2.45, 2.75) is 57.1 Å². The molecule has 0 unspecified atom stereocenters. The van der Waals surface area contributed by atoms with Gasteiger partial charge in [0.2, 0.25) is 5.91 Å². The third-order valence-corrected chi connectivity index (χ3v) is 4.54. The average Bonchev–Trinajstić information content (AvgIpc) is 3.20. The Kier molecular flexibility index (Phi) is 5.45. The fourth-order valence-electron chi connectivity index (χ4n) is 3.37. The minimum atomic E-state index is -0.0180. The van der Waals surface area contributed by atoms with E-state index in [1.54, 1.807) is 6.20 Å². The summed E-state index contributed by atoms with van der Waals surface area (Å²) < 4.78 is 7.51. The molecule has 1 aromatic rings. The Morgan fingerprint density at radius 2 is 2.14 bits per heavy atom. The normalized spacial score (nSPS) is 22.8. The van der Waals surface area contributed by atoms with Gasteiger partial charge in [0.25, 0.3) is 0 Å². The maximum atomic E-state index is 12.1. The zero-order valence-electron chi connectivity index (χ0n) is 13.1. The average molecular weight is 306 g/mol. The fraction of sp³-hybridized carbons (Fsp3) is 0.750. The van der Waals surface area contributed by atoms with Gasteiger partial charge in [-0.05, 0) is 25.7 Å². The number of amides is 1. The van der Waals surface area contributed by atoms with Crippen LogP contribution in [0.3, 0.4) is 0 Å². The minimum Gasteiger partial charge on any atom is -0.377 e. The Balaban J connectivity index is 1.45. The number of rotatable bonds is 6. The number of hydrogen-bond donors (Lipinski definition) is 2. The van der Waals surface area contributed by atoms with Crippen LogP contribution in [0.25, 0.3) is 0 Å². The van der Waals surface area contributed by atoms with Gasteiger partial charge in [-0.15, -0.1) is 0 Å². The molecule has 2 aliphatic rings. The van der Waals surface area contributed by atoms with Crippen LogP contribution in [0.5, 0.6) is 0 Å². The third-order valence-electron chi connectivity index (χ3n) is 4.54. The van der Waals surface area contributed by atoms with Gasteiger partial charge in [0.15, 0.2) is 0 Å². The van der Waals surface area contributed by atoms with Gasteiger partial charge in [-0.1, -0.05) is 19.3 Å². The number of nitrogens with one attached hydrogen (secondary N) is 2. The predicted molar refractivity (Wildman–Crippen MR) is 84.8 cm³/mol. The van der Waals surface area contributed by atoms with Gasteiger partial charge >= 0.3 is 0 Å². The van der Waals surface area contributed by atoms with E-state index >= 15 is 0 Å². The zero-order valence-corrected chi connectivity index (χ0v) is 13.1. The Bertz CT molecular complexity index is 476. The lowest BCUT2D eigenvalue weighted by atomic mass is 9.96. The first-order chi connectivity index (χ1) is 10.8. The summed E-state index contributed by atoms with van der Waals surface area (Å²) in [7, 11) is 0. The molecule has 0 aromatic carbocycles. The van der Waals surface area contributed by atoms with E-state index in [2.05, 4.69) is 15.7 Å². The summed E-state index contributed by atoms with van der Waals surface area (Å²) in [6.07, 6.45) is 10.4. The third kappa shape index (κ3) is 4.08. The highest BCUT2D eigenvalue weighted by atomic mass is 16.5. The number of aromatic nitrogens is 2. The van der Waals surface area contributed by atoms with Crippen LogP contribution < -0.4 is 10.6 Å². The summed E-state index contributed by atoms with van der Waals surface area (Å²) in [4.78, 5) is 12.1. The van der Waals surface area contributed by atoms with E-state index < -0.39 is 0 Å².